The maximum Gasteiger partial charge on any atom is 0.155 e. The number of aromatic hydroxyl groups is 2. The highest BCUT2D eigenvalue weighted by atomic mass is 19.1. The van der Waals surface area contributed by atoms with E-state index < -0.39 is 17.7 Å². The van der Waals surface area contributed by atoms with E-state index in [0.717, 1.165) is 12.1 Å². The number of phenolic OH excluding ortho intramolecular Hbond substituents is 2. The van der Waals surface area contributed by atoms with Gasteiger partial charge in [0.1, 0.15) is 41.2 Å². The highest BCUT2D eigenvalue weighted by molar-refractivity contribution is 5.96. The predicted octanol–water partition coefficient (Wildman–Crippen LogP) is 5.72. The van der Waals surface area contributed by atoms with E-state index in [2.05, 4.69) is 0 Å². The molecule has 0 bridgehead atoms. The number of likely N-dealkylation sites (tertiary alicyclic amines) is 1. The number of ether oxygens (including phenoxy) is 2. The average molecular weight is 498 g/mol. The second-order valence-corrected chi connectivity index (χ2v) is 9.20. The molecule has 0 saturated carbocycles. The fourth-order valence-corrected chi connectivity index (χ4v) is 4.83. The summed E-state index contributed by atoms with van der Waals surface area (Å²) in [5.41, 5.74) is 1.96. The minimum Gasteiger partial charge on any atom is -0.508 e. The van der Waals surface area contributed by atoms with Crippen LogP contribution in [0.25, 0.3) is 11.1 Å². The largest absolute Gasteiger partial charge is 0.508 e. The van der Waals surface area contributed by atoms with Crippen molar-refractivity contribution < 1.29 is 32.9 Å². The molecule has 8 heteroatoms. The van der Waals surface area contributed by atoms with E-state index in [1.807, 2.05) is 4.90 Å². The van der Waals surface area contributed by atoms with Crippen LogP contribution in [0.3, 0.4) is 0 Å². The normalized spacial score (nSPS) is 17.9. The van der Waals surface area contributed by atoms with Crippen molar-refractivity contribution in [3.8, 4) is 23.0 Å². The lowest BCUT2D eigenvalue weighted by molar-refractivity contribution is 0.0667. The van der Waals surface area contributed by atoms with Crippen LogP contribution in [0.5, 0.6) is 23.0 Å². The number of hydrogen-bond donors (Lipinski definition) is 2. The number of phenols is 2. The summed E-state index contributed by atoms with van der Waals surface area (Å²) < 4.78 is 55.1. The molecule has 2 heterocycles. The third kappa shape index (κ3) is 4.60. The van der Waals surface area contributed by atoms with Crippen molar-refractivity contribution in [2.45, 2.75) is 13.0 Å². The molecule has 2 N–H and O–H groups in total. The first-order chi connectivity index (χ1) is 17.3. The van der Waals surface area contributed by atoms with Gasteiger partial charge < -0.3 is 19.7 Å². The van der Waals surface area contributed by atoms with E-state index in [4.69, 9.17) is 9.47 Å². The molecule has 3 aromatic carbocycles. The molecule has 1 fully saturated rings. The van der Waals surface area contributed by atoms with Crippen LogP contribution in [-0.4, -0.2) is 48.0 Å². The van der Waals surface area contributed by atoms with Gasteiger partial charge in [-0.05, 0) is 48.4 Å². The molecular weight excluding hydrogens is 471 g/mol. The summed E-state index contributed by atoms with van der Waals surface area (Å²) in [6.45, 7) is 3.51. The lowest BCUT2D eigenvalue weighted by Gasteiger charge is -2.37. The number of halogens is 3. The molecule has 36 heavy (non-hydrogen) atoms. The van der Waals surface area contributed by atoms with Crippen molar-refractivity contribution >= 4 is 11.1 Å². The zero-order valence-electron chi connectivity index (χ0n) is 19.7. The molecule has 2 aliphatic heterocycles. The quantitative estimate of drug-likeness (QED) is 0.437. The third-order valence-corrected chi connectivity index (χ3v) is 6.68. The Balaban J connectivity index is 1.47. The van der Waals surface area contributed by atoms with E-state index >= 15 is 8.78 Å². The van der Waals surface area contributed by atoms with E-state index in [0.29, 0.717) is 47.7 Å². The molecule has 188 valence electrons. The Morgan fingerprint density at radius 1 is 1.00 bits per heavy atom. The van der Waals surface area contributed by atoms with Gasteiger partial charge in [0, 0.05) is 48.8 Å². The van der Waals surface area contributed by atoms with Crippen LogP contribution in [0.1, 0.15) is 29.7 Å². The molecule has 3 aromatic rings. The maximum atomic E-state index is 15.4. The zero-order chi connectivity index (χ0) is 25.4. The lowest BCUT2D eigenvalue weighted by atomic mass is 9.85. The summed E-state index contributed by atoms with van der Waals surface area (Å²) in [6.07, 6.45) is -1.14. The van der Waals surface area contributed by atoms with Gasteiger partial charge in [-0.25, -0.2) is 8.78 Å². The minimum atomic E-state index is -1.14. The third-order valence-electron chi connectivity index (χ3n) is 6.68. The van der Waals surface area contributed by atoms with Gasteiger partial charge in [-0.1, -0.05) is 12.1 Å². The Bertz CT molecular complexity index is 1300. The summed E-state index contributed by atoms with van der Waals surface area (Å²) in [4.78, 5) is 2.02. The summed E-state index contributed by atoms with van der Waals surface area (Å²) in [5.74, 6) is -1.15. The summed E-state index contributed by atoms with van der Waals surface area (Å²) >= 11 is 0. The van der Waals surface area contributed by atoms with Crippen LogP contribution in [0.2, 0.25) is 0 Å². The van der Waals surface area contributed by atoms with Crippen molar-refractivity contribution in [1.29, 1.82) is 0 Å². The fourth-order valence-electron chi connectivity index (χ4n) is 4.83. The highest BCUT2D eigenvalue weighted by Crippen LogP contribution is 2.48. The smallest absolute Gasteiger partial charge is 0.155 e. The number of allylic oxidation sites excluding steroid dienone is 1. The second-order valence-electron chi connectivity index (χ2n) is 9.20. The van der Waals surface area contributed by atoms with Crippen LogP contribution in [0.4, 0.5) is 13.2 Å². The Kier molecular flexibility index (Phi) is 6.53. The first kappa shape index (κ1) is 24.1. The molecular formula is C28H26F3NO4. The van der Waals surface area contributed by atoms with Gasteiger partial charge in [0.15, 0.2) is 6.10 Å². The van der Waals surface area contributed by atoms with Crippen molar-refractivity contribution in [3.63, 3.8) is 0 Å². The molecule has 1 saturated heterocycles. The molecule has 0 aliphatic carbocycles. The summed E-state index contributed by atoms with van der Waals surface area (Å²) in [7, 11) is 0. The van der Waals surface area contributed by atoms with Crippen molar-refractivity contribution in [3.05, 3.63) is 82.9 Å². The van der Waals surface area contributed by atoms with Crippen molar-refractivity contribution in [2.75, 3.05) is 32.9 Å². The molecule has 0 spiro atoms. The van der Waals surface area contributed by atoms with Crippen molar-refractivity contribution in [1.82, 2.24) is 4.90 Å². The number of hydrogen-bond acceptors (Lipinski definition) is 5. The molecule has 0 unspecified atom stereocenters. The number of nitrogens with zero attached hydrogens (tertiary/aromatic N) is 1. The van der Waals surface area contributed by atoms with E-state index in [-0.39, 0.29) is 42.0 Å². The summed E-state index contributed by atoms with van der Waals surface area (Å²) in [5, 5.41) is 20.0. The molecule has 0 aromatic heterocycles. The first-order valence-electron chi connectivity index (χ1n) is 11.7. The Morgan fingerprint density at radius 3 is 2.42 bits per heavy atom. The summed E-state index contributed by atoms with van der Waals surface area (Å²) in [6, 6.07) is 13.1. The first-order valence-corrected chi connectivity index (χ1v) is 11.7. The lowest BCUT2D eigenvalue weighted by Crippen LogP contribution is -2.49. The highest BCUT2D eigenvalue weighted by Gasteiger charge is 2.34. The fraction of sp³-hybridized carbons (Fsp3) is 0.286. The second kappa shape index (κ2) is 9.78. The number of fused-ring (bicyclic) bond motifs is 1. The van der Waals surface area contributed by atoms with E-state index in [1.54, 1.807) is 25.1 Å². The van der Waals surface area contributed by atoms with Gasteiger partial charge in [0.25, 0.3) is 0 Å². The monoisotopic (exact) mass is 497 g/mol. The minimum absolute atomic E-state index is 0.00187. The van der Waals surface area contributed by atoms with Gasteiger partial charge in [0.2, 0.25) is 0 Å². The molecule has 1 atom stereocenters. The molecule has 2 aliphatic rings. The SMILES string of the molecule is CC1=C(c2cccc(O)c2)[C@@H](c2c(F)cc(OCCN3CC(CF)C3)cc2F)Oc2ccc(O)cc21. The zero-order valence-corrected chi connectivity index (χ0v) is 19.7. The Labute approximate surface area is 207 Å². The van der Waals surface area contributed by atoms with Crippen LogP contribution in [0.15, 0.2) is 54.6 Å². The van der Waals surface area contributed by atoms with Crippen LogP contribution < -0.4 is 9.47 Å². The van der Waals surface area contributed by atoms with Gasteiger partial charge in [-0.3, -0.25) is 9.29 Å². The average Bonchev–Trinajstić information content (AvgIpc) is 2.81. The van der Waals surface area contributed by atoms with Gasteiger partial charge >= 0.3 is 0 Å². The topological polar surface area (TPSA) is 62.2 Å². The molecule has 0 radical (unpaired) electrons. The maximum absolute atomic E-state index is 15.4. The van der Waals surface area contributed by atoms with Gasteiger partial charge in [-0.2, -0.15) is 0 Å². The Morgan fingerprint density at radius 2 is 1.72 bits per heavy atom. The number of rotatable bonds is 7. The van der Waals surface area contributed by atoms with E-state index in [9.17, 15) is 14.6 Å². The number of benzene rings is 3. The molecule has 5 nitrogen and oxygen atoms in total. The van der Waals surface area contributed by atoms with Gasteiger partial charge in [-0.15, -0.1) is 0 Å². The Hall–Kier alpha value is -3.65. The van der Waals surface area contributed by atoms with E-state index in [1.165, 1.54) is 24.3 Å². The number of alkyl halides is 1. The van der Waals surface area contributed by atoms with Crippen LogP contribution >= 0.6 is 0 Å². The van der Waals surface area contributed by atoms with Gasteiger partial charge in [0.05, 0.1) is 12.2 Å². The molecule has 0 amide bonds. The van der Waals surface area contributed by atoms with Crippen molar-refractivity contribution in [2.24, 2.45) is 5.92 Å². The predicted molar refractivity (Wildman–Crippen MR) is 130 cm³/mol. The molecule has 5 rings (SSSR count). The van der Waals surface area contributed by atoms with Crippen LogP contribution in [0, 0.1) is 17.6 Å². The van der Waals surface area contributed by atoms with Crippen LogP contribution in [-0.2, 0) is 0 Å². The standard InChI is InChI=1S/C28H26F3NO4/c1-16-22-10-20(34)5-6-25(22)36-28(26(16)18-3-2-4-19(33)9-18)27-23(30)11-21(12-24(27)31)35-8-7-32-14-17(13-29)15-32/h2-6,9-12,17,28,33-34H,7-8,13-15H2,1H3/t28-/m0/s1.